The van der Waals surface area contributed by atoms with E-state index in [1.54, 1.807) is 29.0 Å². The van der Waals surface area contributed by atoms with E-state index in [0.717, 1.165) is 24.8 Å². The molecule has 2 aromatic rings. The average molecular weight is 670 g/mol. The van der Waals surface area contributed by atoms with Gasteiger partial charge in [0.2, 0.25) is 17.7 Å². The van der Waals surface area contributed by atoms with E-state index in [1.165, 1.54) is 4.90 Å². The van der Waals surface area contributed by atoms with Gasteiger partial charge in [0.15, 0.2) is 0 Å². The number of amides is 3. The SMILES string of the molecule is CCCCCN1CC=C[C@]23O[C@@H]4/C=C\CCC(=O)N(C)[C@H](C)[C@@H](c5ccccc5)OC(=O)[C@@H]4[C@H]2C(=O)N([C@H](CO)c2ccccc2)[C@@H]3C1=O. The number of likely N-dealkylation sites (N-methyl/N-ethyl adjacent to an activating group) is 1. The molecule has 260 valence electrons. The van der Waals surface area contributed by atoms with Crippen LogP contribution in [0.4, 0.5) is 0 Å². The van der Waals surface area contributed by atoms with Crippen LogP contribution in [-0.2, 0) is 28.7 Å². The summed E-state index contributed by atoms with van der Waals surface area (Å²) in [6, 6.07) is 16.0. The molecule has 2 saturated heterocycles. The molecule has 2 aromatic carbocycles. The Balaban J connectivity index is 1.47. The molecule has 0 aromatic heterocycles. The predicted octanol–water partition coefficient (Wildman–Crippen LogP) is 4.37. The van der Waals surface area contributed by atoms with Gasteiger partial charge in [0.1, 0.15) is 23.7 Å². The quantitative estimate of drug-likeness (QED) is 0.252. The summed E-state index contributed by atoms with van der Waals surface area (Å²) in [4.78, 5) is 62.3. The number of cyclic esters (lactones) is 1. The number of ether oxygens (including phenoxy) is 2. The van der Waals surface area contributed by atoms with Gasteiger partial charge in [0.05, 0.1) is 30.7 Å². The molecule has 0 radical (unpaired) electrons. The number of carbonyl (C=O) groups excluding carboxylic acids is 4. The van der Waals surface area contributed by atoms with Crippen molar-refractivity contribution in [1.82, 2.24) is 14.7 Å². The van der Waals surface area contributed by atoms with Crippen molar-refractivity contribution in [3.8, 4) is 0 Å². The molecule has 0 aliphatic carbocycles. The first kappa shape index (κ1) is 34.6. The van der Waals surface area contributed by atoms with Crippen molar-refractivity contribution in [1.29, 1.82) is 0 Å². The minimum absolute atomic E-state index is 0.0867. The average Bonchev–Trinajstić information content (AvgIpc) is 3.51. The molecule has 6 rings (SSSR count). The molecular weight excluding hydrogens is 622 g/mol. The summed E-state index contributed by atoms with van der Waals surface area (Å²) in [5, 5.41) is 10.8. The minimum atomic E-state index is -1.49. The molecule has 4 aliphatic heterocycles. The Morgan fingerprint density at radius 2 is 1.67 bits per heavy atom. The lowest BCUT2D eigenvalue weighted by Gasteiger charge is -2.38. The zero-order valence-electron chi connectivity index (χ0n) is 28.5. The second-order valence-corrected chi connectivity index (χ2v) is 13.6. The van der Waals surface area contributed by atoms with Gasteiger partial charge >= 0.3 is 5.97 Å². The van der Waals surface area contributed by atoms with Gasteiger partial charge in [0.25, 0.3) is 0 Å². The molecule has 1 spiro atoms. The van der Waals surface area contributed by atoms with Crippen LogP contribution in [0.15, 0.2) is 85.0 Å². The fraction of sp³-hybridized carbons (Fsp3) is 0.487. The maximum Gasteiger partial charge on any atom is 0.313 e. The Kier molecular flexibility index (Phi) is 10.4. The third-order valence-electron chi connectivity index (χ3n) is 10.7. The van der Waals surface area contributed by atoms with E-state index in [4.69, 9.17) is 9.47 Å². The number of aliphatic hydroxyl groups is 1. The number of nitrogens with zero attached hydrogens (tertiary/aromatic N) is 3. The van der Waals surface area contributed by atoms with Crippen LogP contribution >= 0.6 is 0 Å². The number of hydrogen-bond acceptors (Lipinski definition) is 7. The fourth-order valence-corrected chi connectivity index (χ4v) is 7.99. The number of fused-ring (bicyclic) bond motifs is 2. The summed E-state index contributed by atoms with van der Waals surface area (Å²) in [6.07, 6.45) is 8.93. The number of allylic oxidation sites excluding steroid dienone is 1. The molecule has 4 aliphatic rings. The summed E-state index contributed by atoms with van der Waals surface area (Å²) in [5.41, 5.74) is -0.0972. The van der Waals surface area contributed by atoms with E-state index in [2.05, 4.69) is 6.92 Å². The highest BCUT2D eigenvalue weighted by atomic mass is 16.6. The number of unbranched alkanes of at least 4 members (excludes halogenated alkanes) is 2. The first-order valence-electron chi connectivity index (χ1n) is 17.5. The van der Waals surface area contributed by atoms with Crippen molar-refractivity contribution in [2.24, 2.45) is 11.8 Å². The van der Waals surface area contributed by atoms with Crippen molar-refractivity contribution in [2.75, 3.05) is 26.7 Å². The number of likely N-dealkylation sites (tertiary alicyclic amines) is 1. The van der Waals surface area contributed by atoms with E-state index >= 15 is 0 Å². The van der Waals surface area contributed by atoms with Crippen molar-refractivity contribution in [3.05, 3.63) is 96.1 Å². The molecule has 2 fully saturated rings. The number of esters is 1. The lowest BCUT2D eigenvalue weighted by Crippen LogP contribution is -2.56. The van der Waals surface area contributed by atoms with Gasteiger partial charge in [-0.25, -0.2) is 0 Å². The van der Waals surface area contributed by atoms with Crippen LogP contribution in [0.1, 0.15) is 69.2 Å². The Morgan fingerprint density at radius 1 is 0.959 bits per heavy atom. The number of aliphatic hydroxyl groups excluding tert-OH is 1. The predicted molar refractivity (Wildman–Crippen MR) is 183 cm³/mol. The van der Waals surface area contributed by atoms with Gasteiger partial charge in [0, 0.05) is 26.6 Å². The molecule has 49 heavy (non-hydrogen) atoms. The summed E-state index contributed by atoms with van der Waals surface area (Å²) in [5.74, 6) is -3.63. The van der Waals surface area contributed by atoms with Crippen molar-refractivity contribution < 1.29 is 33.8 Å². The zero-order chi connectivity index (χ0) is 34.7. The third kappa shape index (κ3) is 6.32. The van der Waals surface area contributed by atoms with Gasteiger partial charge in [-0.2, -0.15) is 0 Å². The van der Waals surface area contributed by atoms with Crippen molar-refractivity contribution >= 4 is 23.7 Å². The van der Waals surface area contributed by atoms with Gasteiger partial charge < -0.3 is 29.3 Å². The Labute approximate surface area is 288 Å². The highest BCUT2D eigenvalue weighted by Crippen LogP contribution is 2.55. The summed E-state index contributed by atoms with van der Waals surface area (Å²) in [7, 11) is 1.71. The van der Waals surface area contributed by atoms with Crippen LogP contribution in [-0.4, -0.2) is 94.0 Å². The molecule has 3 amide bonds. The molecule has 4 heterocycles. The molecule has 1 N–H and O–H groups in total. The Bertz CT molecular complexity index is 1580. The molecular formula is C39H47N3O7. The summed E-state index contributed by atoms with van der Waals surface area (Å²) >= 11 is 0. The Hall–Kier alpha value is -4.28. The minimum Gasteiger partial charge on any atom is -0.455 e. The molecule has 8 atom stereocenters. The van der Waals surface area contributed by atoms with Crippen LogP contribution < -0.4 is 0 Å². The molecule has 0 bridgehead atoms. The smallest absolute Gasteiger partial charge is 0.313 e. The summed E-state index contributed by atoms with van der Waals surface area (Å²) < 4.78 is 13.2. The molecule has 10 nitrogen and oxygen atoms in total. The van der Waals surface area contributed by atoms with E-state index in [-0.39, 0.29) is 18.2 Å². The van der Waals surface area contributed by atoms with Crippen LogP contribution in [0, 0.1) is 11.8 Å². The van der Waals surface area contributed by atoms with E-state index in [9.17, 15) is 24.3 Å². The standard InChI is InChI=1S/C39H47N3O7/c1-4-5-14-23-41-24-15-22-39-33(36(45)42(35(39)37(41)46)29(25-43)27-16-8-6-9-17-27)32-30(49-39)20-12-13-21-31(44)40(3)26(2)34(48-38(32)47)28-18-10-7-11-19-28/h6-12,15-20,22,26,29-30,32-35,43H,4-5,13-14,21,23-25H2,1-3H3/b20-12-/t26-,29-,30-,32+,33+,34+,35-,39+/m1/s1. The van der Waals surface area contributed by atoms with E-state index < -0.39 is 66.3 Å². The van der Waals surface area contributed by atoms with Crippen LogP contribution in [0.3, 0.4) is 0 Å². The largest absolute Gasteiger partial charge is 0.455 e. The second-order valence-electron chi connectivity index (χ2n) is 13.6. The maximum atomic E-state index is 15.0. The van der Waals surface area contributed by atoms with Gasteiger partial charge in [-0.15, -0.1) is 0 Å². The lowest BCUT2D eigenvalue weighted by atomic mass is 9.77. The lowest BCUT2D eigenvalue weighted by molar-refractivity contribution is -0.164. The fourth-order valence-electron chi connectivity index (χ4n) is 7.99. The Morgan fingerprint density at radius 3 is 2.37 bits per heavy atom. The highest BCUT2D eigenvalue weighted by molar-refractivity contribution is 5.99. The van der Waals surface area contributed by atoms with Gasteiger partial charge in [-0.05, 0) is 30.9 Å². The third-order valence-corrected chi connectivity index (χ3v) is 10.7. The topological polar surface area (TPSA) is 117 Å². The first-order chi connectivity index (χ1) is 23.7. The zero-order valence-corrected chi connectivity index (χ0v) is 28.5. The number of hydrogen-bond donors (Lipinski definition) is 1. The van der Waals surface area contributed by atoms with Crippen LogP contribution in [0.25, 0.3) is 0 Å². The first-order valence-corrected chi connectivity index (χ1v) is 17.5. The van der Waals surface area contributed by atoms with Crippen molar-refractivity contribution in [3.63, 3.8) is 0 Å². The summed E-state index contributed by atoms with van der Waals surface area (Å²) in [6.45, 7) is 4.38. The normalized spacial score (nSPS) is 31.6. The van der Waals surface area contributed by atoms with E-state index in [0.29, 0.717) is 25.1 Å². The van der Waals surface area contributed by atoms with Crippen LogP contribution in [0.5, 0.6) is 0 Å². The van der Waals surface area contributed by atoms with Crippen molar-refractivity contribution in [2.45, 2.75) is 81.9 Å². The molecule has 10 heteroatoms. The van der Waals surface area contributed by atoms with Gasteiger partial charge in [-0.1, -0.05) is 105 Å². The number of benzene rings is 2. The van der Waals surface area contributed by atoms with E-state index in [1.807, 2.05) is 79.7 Å². The van der Waals surface area contributed by atoms with Gasteiger partial charge in [-0.3, -0.25) is 19.2 Å². The molecule has 0 saturated carbocycles. The van der Waals surface area contributed by atoms with Crippen LogP contribution in [0.2, 0.25) is 0 Å². The highest BCUT2D eigenvalue weighted by Gasteiger charge is 2.72. The second kappa shape index (κ2) is 14.7. The number of carbonyl (C=O) groups is 4. The number of rotatable bonds is 8. The molecule has 0 unspecified atom stereocenters. The maximum absolute atomic E-state index is 15.0. The monoisotopic (exact) mass is 669 g/mol.